The molecule has 132 valence electrons. The van der Waals surface area contributed by atoms with Crippen molar-refractivity contribution >= 4 is 17.7 Å². The van der Waals surface area contributed by atoms with Crippen LogP contribution in [-0.4, -0.2) is 47.6 Å². The molecular formula is C15H28N4O4. The maximum absolute atomic E-state index is 13.0. The highest BCUT2D eigenvalue weighted by molar-refractivity contribution is 5.93. The number of hydroxylamine groups is 1. The second-order valence-electron chi connectivity index (χ2n) is 6.39. The standard InChI is InChI=1S/C15H28N4O4/c1-9(2)8-11(10(3)14(21)18-23)13(20)12-6-5-7-17-19(12)15(22)16-4/h9-12,17,23H,5-8H2,1-4H3,(H,16,22)(H,18,21). The molecule has 0 saturated carbocycles. The number of Topliss-reactive ketones (excluding diaryl/α,β-unsaturated/α-hetero) is 1. The molecule has 1 saturated heterocycles. The lowest BCUT2D eigenvalue weighted by molar-refractivity contribution is -0.141. The third kappa shape index (κ3) is 4.90. The van der Waals surface area contributed by atoms with Crippen LogP contribution in [0.2, 0.25) is 0 Å². The van der Waals surface area contributed by atoms with Gasteiger partial charge in [-0.3, -0.25) is 14.8 Å². The second-order valence-corrected chi connectivity index (χ2v) is 6.39. The first kappa shape index (κ1) is 19.4. The fourth-order valence-electron chi connectivity index (χ4n) is 2.94. The zero-order valence-corrected chi connectivity index (χ0v) is 14.3. The molecule has 0 spiro atoms. The number of amides is 3. The third-order valence-electron chi connectivity index (χ3n) is 4.23. The number of ketones is 1. The third-order valence-corrected chi connectivity index (χ3v) is 4.23. The van der Waals surface area contributed by atoms with Gasteiger partial charge in [-0.05, 0) is 25.2 Å². The first-order valence-electron chi connectivity index (χ1n) is 8.05. The van der Waals surface area contributed by atoms with Gasteiger partial charge >= 0.3 is 6.03 Å². The molecule has 3 amide bonds. The van der Waals surface area contributed by atoms with Crippen molar-refractivity contribution in [3.63, 3.8) is 0 Å². The first-order valence-corrected chi connectivity index (χ1v) is 8.05. The zero-order valence-electron chi connectivity index (χ0n) is 14.3. The van der Waals surface area contributed by atoms with Gasteiger partial charge in [0.05, 0.1) is 0 Å². The van der Waals surface area contributed by atoms with E-state index in [2.05, 4.69) is 10.7 Å². The number of hydrogen-bond donors (Lipinski definition) is 4. The van der Waals surface area contributed by atoms with Gasteiger partial charge in [-0.25, -0.2) is 20.7 Å². The van der Waals surface area contributed by atoms with Crippen LogP contribution in [0.3, 0.4) is 0 Å². The highest BCUT2D eigenvalue weighted by Crippen LogP contribution is 2.26. The summed E-state index contributed by atoms with van der Waals surface area (Å²) in [6.45, 7) is 6.19. The molecule has 3 unspecified atom stereocenters. The summed E-state index contributed by atoms with van der Waals surface area (Å²) in [5, 5.41) is 12.7. The predicted molar refractivity (Wildman–Crippen MR) is 84.4 cm³/mol. The normalized spacial score (nSPS) is 20.8. The van der Waals surface area contributed by atoms with E-state index in [9.17, 15) is 14.4 Å². The van der Waals surface area contributed by atoms with Gasteiger partial charge in [0.15, 0.2) is 5.78 Å². The van der Waals surface area contributed by atoms with E-state index in [4.69, 9.17) is 5.21 Å². The Kier molecular flexibility index (Phi) is 7.44. The van der Waals surface area contributed by atoms with Crippen molar-refractivity contribution in [1.82, 2.24) is 21.2 Å². The van der Waals surface area contributed by atoms with Crippen molar-refractivity contribution in [3.05, 3.63) is 0 Å². The van der Waals surface area contributed by atoms with Gasteiger partial charge in [-0.15, -0.1) is 0 Å². The van der Waals surface area contributed by atoms with E-state index in [-0.39, 0.29) is 17.7 Å². The van der Waals surface area contributed by atoms with Gasteiger partial charge in [0.2, 0.25) is 5.91 Å². The molecule has 1 fully saturated rings. The maximum Gasteiger partial charge on any atom is 0.332 e. The minimum atomic E-state index is -0.664. The van der Waals surface area contributed by atoms with Crippen molar-refractivity contribution in [3.8, 4) is 0 Å². The van der Waals surface area contributed by atoms with E-state index in [1.165, 1.54) is 12.1 Å². The minimum Gasteiger partial charge on any atom is -0.340 e. The highest BCUT2D eigenvalue weighted by Gasteiger charge is 2.39. The van der Waals surface area contributed by atoms with Crippen molar-refractivity contribution in [1.29, 1.82) is 0 Å². The van der Waals surface area contributed by atoms with Gasteiger partial charge in [0, 0.05) is 25.4 Å². The number of nitrogens with one attached hydrogen (secondary N) is 3. The van der Waals surface area contributed by atoms with Crippen molar-refractivity contribution in [2.45, 2.75) is 46.1 Å². The van der Waals surface area contributed by atoms with Crippen LogP contribution in [0.15, 0.2) is 0 Å². The van der Waals surface area contributed by atoms with Crippen molar-refractivity contribution in [2.24, 2.45) is 17.8 Å². The van der Waals surface area contributed by atoms with E-state index in [0.29, 0.717) is 19.4 Å². The molecule has 0 aromatic rings. The fourth-order valence-corrected chi connectivity index (χ4v) is 2.94. The average Bonchev–Trinajstić information content (AvgIpc) is 2.56. The quantitative estimate of drug-likeness (QED) is 0.423. The summed E-state index contributed by atoms with van der Waals surface area (Å²) < 4.78 is 0. The fraction of sp³-hybridized carbons (Fsp3) is 0.800. The highest BCUT2D eigenvalue weighted by atomic mass is 16.5. The molecule has 0 aromatic heterocycles. The molecule has 1 aliphatic heterocycles. The van der Waals surface area contributed by atoms with Crippen LogP contribution in [-0.2, 0) is 9.59 Å². The summed E-state index contributed by atoms with van der Waals surface area (Å²) in [4.78, 5) is 36.7. The zero-order chi connectivity index (χ0) is 17.6. The molecule has 1 heterocycles. The Hall–Kier alpha value is -1.67. The number of rotatable bonds is 6. The summed E-state index contributed by atoms with van der Waals surface area (Å²) in [6.07, 6.45) is 1.85. The van der Waals surface area contributed by atoms with Gasteiger partial charge in [0.1, 0.15) is 6.04 Å². The lowest BCUT2D eigenvalue weighted by atomic mass is 9.79. The van der Waals surface area contributed by atoms with Gasteiger partial charge in [-0.1, -0.05) is 20.8 Å². The van der Waals surface area contributed by atoms with Crippen LogP contribution in [0.1, 0.15) is 40.0 Å². The second kappa shape index (κ2) is 8.83. The molecule has 0 radical (unpaired) electrons. The van der Waals surface area contributed by atoms with E-state index >= 15 is 0 Å². The summed E-state index contributed by atoms with van der Waals surface area (Å²) in [5.74, 6) is -1.74. The molecule has 0 aliphatic carbocycles. The number of carbonyl (C=O) groups is 3. The molecule has 0 bridgehead atoms. The Morgan fingerprint density at radius 1 is 1.30 bits per heavy atom. The molecule has 4 N–H and O–H groups in total. The van der Waals surface area contributed by atoms with E-state index in [1.54, 1.807) is 12.4 Å². The minimum absolute atomic E-state index is 0.148. The molecule has 3 atom stereocenters. The monoisotopic (exact) mass is 328 g/mol. The molecule has 8 nitrogen and oxygen atoms in total. The Bertz CT molecular complexity index is 441. The number of urea groups is 1. The largest absolute Gasteiger partial charge is 0.340 e. The van der Waals surface area contributed by atoms with Crippen LogP contribution < -0.4 is 16.2 Å². The number of hydrogen-bond acceptors (Lipinski definition) is 5. The lowest BCUT2D eigenvalue weighted by Crippen LogP contribution is -2.60. The predicted octanol–water partition coefficient (Wildman–Crippen LogP) is 0.668. The summed E-state index contributed by atoms with van der Waals surface area (Å²) in [5.41, 5.74) is 4.56. The molecular weight excluding hydrogens is 300 g/mol. The number of carbonyl (C=O) groups excluding carboxylic acids is 3. The Morgan fingerprint density at radius 3 is 2.48 bits per heavy atom. The van der Waals surface area contributed by atoms with E-state index < -0.39 is 23.8 Å². The first-order chi connectivity index (χ1) is 10.8. The summed E-state index contributed by atoms with van der Waals surface area (Å²) in [6, 6.07) is -0.980. The van der Waals surface area contributed by atoms with Crippen LogP contribution >= 0.6 is 0 Å². The van der Waals surface area contributed by atoms with E-state index in [1.807, 2.05) is 13.8 Å². The van der Waals surface area contributed by atoms with Crippen molar-refractivity contribution < 1.29 is 19.6 Å². The van der Waals surface area contributed by atoms with Gasteiger partial charge in [0.25, 0.3) is 0 Å². The Balaban J connectivity index is 3.01. The van der Waals surface area contributed by atoms with Gasteiger partial charge < -0.3 is 5.32 Å². The van der Waals surface area contributed by atoms with Gasteiger partial charge in [-0.2, -0.15) is 0 Å². The average molecular weight is 328 g/mol. The van der Waals surface area contributed by atoms with Crippen molar-refractivity contribution in [2.75, 3.05) is 13.6 Å². The topological polar surface area (TPSA) is 111 Å². The van der Waals surface area contributed by atoms with Crippen LogP contribution in [0.5, 0.6) is 0 Å². The Morgan fingerprint density at radius 2 is 1.96 bits per heavy atom. The number of nitrogens with zero attached hydrogens (tertiary/aromatic N) is 1. The van der Waals surface area contributed by atoms with Crippen LogP contribution in [0.4, 0.5) is 4.79 Å². The maximum atomic E-state index is 13.0. The van der Waals surface area contributed by atoms with Crippen LogP contribution in [0, 0.1) is 17.8 Å². The summed E-state index contributed by atoms with van der Waals surface area (Å²) >= 11 is 0. The lowest BCUT2D eigenvalue weighted by Gasteiger charge is -2.37. The van der Waals surface area contributed by atoms with E-state index in [0.717, 1.165) is 6.42 Å². The summed E-state index contributed by atoms with van der Waals surface area (Å²) in [7, 11) is 1.51. The Labute approximate surface area is 136 Å². The molecule has 1 aliphatic rings. The van der Waals surface area contributed by atoms with Crippen LogP contribution in [0.25, 0.3) is 0 Å². The molecule has 1 rings (SSSR count). The number of hydrazine groups is 1. The molecule has 8 heteroatoms. The SMILES string of the molecule is CNC(=O)N1NCCCC1C(=O)C(CC(C)C)C(C)C(=O)NO. The molecule has 23 heavy (non-hydrogen) atoms. The molecule has 0 aromatic carbocycles. The smallest absolute Gasteiger partial charge is 0.332 e.